The van der Waals surface area contributed by atoms with Gasteiger partial charge in [-0.3, -0.25) is 9.59 Å². The molecule has 2 rings (SSSR count). The molecule has 0 fully saturated rings. The Morgan fingerprint density at radius 1 is 1.07 bits per heavy atom. The number of nitrogens with zero attached hydrogens (tertiary/aromatic N) is 1. The van der Waals surface area contributed by atoms with Crippen molar-refractivity contribution < 1.29 is 18.0 Å². The second-order valence-corrected chi connectivity index (χ2v) is 8.16. The van der Waals surface area contributed by atoms with Crippen molar-refractivity contribution in [1.82, 2.24) is 0 Å². The molecule has 0 saturated carbocycles. The summed E-state index contributed by atoms with van der Waals surface area (Å²) in [5, 5.41) is 13.9. The average Bonchev–Trinajstić information content (AvgIpc) is 2.57. The number of hydrogen-bond donors (Lipinski definition) is 2. The number of anilines is 2. The van der Waals surface area contributed by atoms with E-state index in [4.69, 9.17) is 5.26 Å². The molecule has 2 aromatic carbocycles. The Kier molecular flexibility index (Phi) is 6.32. The van der Waals surface area contributed by atoms with E-state index in [0.29, 0.717) is 22.5 Å². The van der Waals surface area contributed by atoms with Gasteiger partial charge in [-0.1, -0.05) is 18.2 Å². The summed E-state index contributed by atoms with van der Waals surface area (Å²) < 4.78 is 24.5. The Hall–Kier alpha value is -3.18. The first-order chi connectivity index (χ1) is 12.7. The fourth-order valence-corrected chi connectivity index (χ4v) is 3.68. The summed E-state index contributed by atoms with van der Waals surface area (Å²) in [5.41, 5.74) is 2.61. The molecule has 0 aromatic heterocycles. The maximum atomic E-state index is 12.3. The Bertz CT molecular complexity index is 1010. The van der Waals surface area contributed by atoms with Gasteiger partial charge < -0.3 is 10.6 Å². The Balaban J connectivity index is 2.05. The van der Waals surface area contributed by atoms with Crippen LogP contribution in [0.15, 0.2) is 42.5 Å². The van der Waals surface area contributed by atoms with Crippen LogP contribution in [0.5, 0.6) is 0 Å². The Labute approximate surface area is 157 Å². The zero-order chi connectivity index (χ0) is 20.0. The quantitative estimate of drug-likeness (QED) is 0.792. The van der Waals surface area contributed by atoms with Crippen LogP contribution in [0.3, 0.4) is 0 Å². The van der Waals surface area contributed by atoms with Crippen molar-refractivity contribution in [2.45, 2.75) is 19.6 Å². The van der Waals surface area contributed by atoms with Crippen LogP contribution < -0.4 is 10.6 Å². The monoisotopic (exact) mass is 385 g/mol. The zero-order valence-electron chi connectivity index (χ0n) is 14.9. The van der Waals surface area contributed by atoms with Gasteiger partial charge in [0.05, 0.1) is 17.4 Å². The first-order valence-electron chi connectivity index (χ1n) is 8.06. The van der Waals surface area contributed by atoms with Gasteiger partial charge in [-0.25, -0.2) is 8.42 Å². The minimum absolute atomic E-state index is 0.249. The fraction of sp³-hybridized carbons (Fsp3) is 0.211. The minimum Gasteiger partial charge on any atom is -0.326 e. The molecule has 0 bridgehead atoms. The van der Waals surface area contributed by atoms with Crippen molar-refractivity contribution in [1.29, 1.82) is 5.26 Å². The first-order valence-corrected chi connectivity index (χ1v) is 9.88. The molecule has 2 N–H and O–H groups in total. The molecule has 0 aliphatic carbocycles. The van der Waals surface area contributed by atoms with E-state index >= 15 is 0 Å². The number of carbonyl (C=O) groups is 2. The molecule has 27 heavy (non-hydrogen) atoms. The Morgan fingerprint density at radius 3 is 2.33 bits per heavy atom. The number of benzene rings is 2. The van der Waals surface area contributed by atoms with Crippen LogP contribution >= 0.6 is 0 Å². The van der Waals surface area contributed by atoms with Crippen molar-refractivity contribution in [2.75, 3.05) is 16.4 Å². The highest BCUT2D eigenvalue weighted by molar-refractivity contribution is 7.91. The molecule has 0 spiro atoms. The number of aryl methyl sites for hydroxylation is 1. The lowest BCUT2D eigenvalue weighted by Crippen LogP contribution is -2.24. The van der Waals surface area contributed by atoms with Crippen LogP contribution in [0.25, 0.3) is 0 Å². The van der Waals surface area contributed by atoms with Crippen molar-refractivity contribution in [3.63, 3.8) is 0 Å². The van der Waals surface area contributed by atoms with Crippen LogP contribution in [-0.2, 0) is 25.2 Å². The highest BCUT2D eigenvalue weighted by Gasteiger charge is 2.18. The minimum atomic E-state index is -3.68. The number of sulfone groups is 1. The van der Waals surface area contributed by atoms with E-state index in [1.54, 1.807) is 37.3 Å². The third-order valence-electron chi connectivity index (χ3n) is 3.65. The number of hydrogen-bond acceptors (Lipinski definition) is 5. The second kappa shape index (κ2) is 8.47. The number of amides is 2. The Morgan fingerprint density at radius 2 is 1.74 bits per heavy atom. The topological polar surface area (TPSA) is 116 Å². The van der Waals surface area contributed by atoms with Gasteiger partial charge in [0.2, 0.25) is 11.8 Å². The molecular formula is C19H19N3O4S. The van der Waals surface area contributed by atoms with Gasteiger partial charge in [-0.15, -0.1) is 0 Å². The van der Waals surface area contributed by atoms with Gasteiger partial charge in [0.25, 0.3) is 0 Å². The zero-order valence-corrected chi connectivity index (χ0v) is 15.8. The average molecular weight is 385 g/mol. The van der Waals surface area contributed by atoms with E-state index in [2.05, 4.69) is 10.6 Å². The third kappa shape index (κ3) is 6.24. The van der Waals surface area contributed by atoms with Crippen molar-refractivity contribution in [2.24, 2.45) is 0 Å². The maximum absolute atomic E-state index is 12.3. The van der Waals surface area contributed by atoms with Gasteiger partial charge in [-0.05, 0) is 42.3 Å². The maximum Gasteiger partial charge on any atom is 0.239 e. The predicted octanol–water partition coefficient (Wildman–Crippen LogP) is 2.38. The molecule has 7 nitrogen and oxygen atoms in total. The number of carbonyl (C=O) groups excluding carboxylic acids is 2. The molecule has 2 aromatic rings. The lowest BCUT2D eigenvalue weighted by molar-refractivity contribution is -0.114. The molecule has 2 amide bonds. The number of nitriles is 1. The standard InChI is InChI=1S/C19H19N3O4S/c1-13-3-8-17(21-14(2)23)9-18(13)22-19(24)12-27(25,26)11-16-6-4-15(10-20)5-7-16/h3-9H,11-12H2,1-2H3,(H,21,23)(H,22,24). The molecule has 0 saturated heterocycles. The predicted molar refractivity (Wildman–Crippen MR) is 103 cm³/mol. The number of rotatable bonds is 6. The first kappa shape index (κ1) is 20.1. The van der Waals surface area contributed by atoms with Crippen molar-refractivity contribution in [3.8, 4) is 6.07 Å². The van der Waals surface area contributed by atoms with Crippen LogP contribution in [0, 0.1) is 18.3 Å². The van der Waals surface area contributed by atoms with Gasteiger partial charge >= 0.3 is 0 Å². The van der Waals surface area contributed by atoms with Crippen molar-refractivity contribution >= 4 is 33.0 Å². The lowest BCUT2D eigenvalue weighted by Gasteiger charge is -2.11. The van der Waals surface area contributed by atoms with Gasteiger partial charge in [0.1, 0.15) is 5.75 Å². The molecule has 0 atom stereocenters. The van der Waals surface area contributed by atoms with Crippen LogP contribution in [0.1, 0.15) is 23.6 Å². The smallest absolute Gasteiger partial charge is 0.239 e. The summed E-state index contributed by atoms with van der Waals surface area (Å²) in [5.74, 6) is -1.87. The molecule has 0 unspecified atom stereocenters. The summed E-state index contributed by atoms with van der Waals surface area (Å²) in [4.78, 5) is 23.3. The fourth-order valence-electron chi connectivity index (χ4n) is 2.40. The summed E-state index contributed by atoms with van der Waals surface area (Å²) >= 11 is 0. The van der Waals surface area contributed by atoms with E-state index < -0.39 is 21.5 Å². The van der Waals surface area contributed by atoms with E-state index in [1.807, 2.05) is 6.07 Å². The number of nitrogens with one attached hydrogen (secondary N) is 2. The van der Waals surface area contributed by atoms with Crippen LogP contribution in [-0.4, -0.2) is 26.0 Å². The van der Waals surface area contributed by atoms with E-state index in [0.717, 1.165) is 5.56 Å². The molecule has 140 valence electrons. The third-order valence-corrected chi connectivity index (χ3v) is 5.13. The second-order valence-electron chi connectivity index (χ2n) is 6.10. The largest absolute Gasteiger partial charge is 0.326 e. The molecule has 0 heterocycles. The van der Waals surface area contributed by atoms with Crippen LogP contribution in [0.2, 0.25) is 0 Å². The molecule has 0 aliphatic heterocycles. The summed E-state index contributed by atoms with van der Waals surface area (Å²) in [7, 11) is -3.68. The van der Waals surface area contributed by atoms with Gasteiger partial charge in [0, 0.05) is 18.3 Å². The summed E-state index contributed by atoms with van der Waals surface area (Å²) in [6.45, 7) is 3.13. The summed E-state index contributed by atoms with van der Waals surface area (Å²) in [6, 6.07) is 13.1. The lowest BCUT2D eigenvalue weighted by atomic mass is 10.2. The molecule has 8 heteroatoms. The van der Waals surface area contributed by atoms with Gasteiger partial charge in [-0.2, -0.15) is 5.26 Å². The SMILES string of the molecule is CC(=O)Nc1ccc(C)c(NC(=O)CS(=O)(=O)Cc2ccc(C#N)cc2)c1. The normalized spacial score (nSPS) is 10.7. The van der Waals surface area contributed by atoms with E-state index in [-0.39, 0.29) is 11.7 Å². The highest BCUT2D eigenvalue weighted by Crippen LogP contribution is 2.20. The highest BCUT2D eigenvalue weighted by atomic mass is 32.2. The molecule has 0 aliphatic rings. The summed E-state index contributed by atoms with van der Waals surface area (Å²) in [6.07, 6.45) is 0. The van der Waals surface area contributed by atoms with Crippen LogP contribution in [0.4, 0.5) is 11.4 Å². The van der Waals surface area contributed by atoms with Gasteiger partial charge in [0.15, 0.2) is 9.84 Å². The molecular weight excluding hydrogens is 366 g/mol. The van der Waals surface area contributed by atoms with E-state index in [1.165, 1.54) is 19.1 Å². The molecule has 0 radical (unpaired) electrons. The van der Waals surface area contributed by atoms with Crippen molar-refractivity contribution in [3.05, 3.63) is 59.2 Å². The van der Waals surface area contributed by atoms with E-state index in [9.17, 15) is 18.0 Å².